The van der Waals surface area contributed by atoms with Crippen LogP contribution in [0.5, 0.6) is 0 Å². The predicted molar refractivity (Wildman–Crippen MR) is 113 cm³/mol. The summed E-state index contributed by atoms with van der Waals surface area (Å²) in [4.78, 5) is 36.2. The molecule has 7 nitrogen and oxygen atoms in total. The van der Waals surface area contributed by atoms with Gasteiger partial charge in [0.2, 0.25) is 11.8 Å². The van der Waals surface area contributed by atoms with Gasteiger partial charge in [0.25, 0.3) is 5.91 Å². The Bertz CT molecular complexity index is 997. The summed E-state index contributed by atoms with van der Waals surface area (Å²) in [5.74, 6) is -0.588. The molecule has 0 radical (unpaired) electrons. The largest absolute Gasteiger partial charge is 0.347 e. The van der Waals surface area contributed by atoms with Crippen molar-refractivity contribution in [3.05, 3.63) is 59.2 Å². The van der Waals surface area contributed by atoms with E-state index in [1.165, 1.54) is 11.9 Å². The quantitative estimate of drug-likeness (QED) is 0.819. The van der Waals surface area contributed by atoms with Crippen LogP contribution in [-0.2, 0) is 20.9 Å². The van der Waals surface area contributed by atoms with Gasteiger partial charge in [-0.05, 0) is 48.7 Å². The van der Waals surface area contributed by atoms with Crippen molar-refractivity contribution in [2.24, 2.45) is 5.10 Å². The van der Waals surface area contributed by atoms with Crippen LogP contribution in [-0.4, -0.2) is 23.4 Å². The van der Waals surface area contributed by atoms with Gasteiger partial charge in [0.1, 0.15) is 5.71 Å². The van der Waals surface area contributed by atoms with Crippen molar-refractivity contribution in [1.29, 1.82) is 0 Å². The van der Waals surface area contributed by atoms with Crippen molar-refractivity contribution in [2.45, 2.75) is 40.2 Å². The molecule has 1 aliphatic rings. The normalized spacial score (nSPS) is 13.7. The Morgan fingerprint density at radius 2 is 1.90 bits per heavy atom. The van der Waals surface area contributed by atoms with Gasteiger partial charge in [-0.15, -0.1) is 0 Å². The van der Waals surface area contributed by atoms with Crippen LogP contribution in [0.2, 0.25) is 0 Å². The van der Waals surface area contributed by atoms with E-state index in [1.807, 2.05) is 44.2 Å². The third kappa shape index (κ3) is 5.07. The Balaban J connectivity index is 1.73. The molecule has 3 amide bonds. The van der Waals surface area contributed by atoms with E-state index < -0.39 is 0 Å². The van der Waals surface area contributed by atoms with E-state index in [1.54, 1.807) is 12.1 Å². The number of hydrogen-bond donors (Lipinski definition) is 2. The monoisotopic (exact) mass is 392 g/mol. The van der Waals surface area contributed by atoms with E-state index in [2.05, 4.69) is 15.7 Å². The first-order valence-electron chi connectivity index (χ1n) is 9.46. The molecule has 1 heterocycles. The summed E-state index contributed by atoms with van der Waals surface area (Å²) >= 11 is 0. The molecule has 7 heteroatoms. The lowest BCUT2D eigenvalue weighted by Crippen LogP contribution is -2.39. The lowest BCUT2D eigenvalue weighted by atomic mass is 10.1. The van der Waals surface area contributed by atoms with Gasteiger partial charge in [-0.2, -0.15) is 5.10 Å². The number of rotatable bonds is 5. The Hall–Kier alpha value is -3.48. The number of nitrogens with zero attached hydrogens (tertiary/aromatic N) is 2. The van der Waals surface area contributed by atoms with E-state index in [4.69, 9.17) is 0 Å². The lowest BCUT2D eigenvalue weighted by molar-refractivity contribution is -0.119. The molecular weight excluding hydrogens is 368 g/mol. The molecule has 0 unspecified atom stereocenters. The summed E-state index contributed by atoms with van der Waals surface area (Å²) in [5, 5.41) is 11.2. The number of benzene rings is 2. The number of carbonyl (C=O) groups is 3. The number of nitrogens with one attached hydrogen (secondary N) is 2. The van der Waals surface area contributed by atoms with E-state index in [0.29, 0.717) is 30.1 Å². The van der Waals surface area contributed by atoms with Gasteiger partial charge in [0.15, 0.2) is 0 Å². The molecule has 1 aliphatic heterocycles. The molecule has 0 aromatic heterocycles. The highest BCUT2D eigenvalue weighted by molar-refractivity contribution is 6.40. The topological polar surface area (TPSA) is 90.9 Å². The molecule has 29 heavy (non-hydrogen) atoms. The number of hydrazone groups is 1. The van der Waals surface area contributed by atoms with E-state index in [9.17, 15) is 14.4 Å². The summed E-state index contributed by atoms with van der Waals surface area (Å²) in [6, 6.07) is 13.1. The average Bonchev–Trinajstić information content (AvgIpc) is 2.68. The minimum atomic E-state index is -0.308. The second-order valence-corrected chi connectivity index (χ2v) is 7.11. The van der Waals surface area contributed by atoms with Crippen LogP contribution in [0.1, 0.15) is 36.5 Å². The van der Waals surface area contributed by atoms with Gasteiger partial charge in [0, 0.05) is 32.0 Å². The number of carbonyl (C=O) groups excluding carboxylic acids is 3. The summed E-state index contributed by atoms with van der Waals surface area (Å²) in [7, 11) is 0. The predicted octanol–water partition coefficient (Wildman–Crippen LogP) is 3.06. The molecule has 2 aromatic rings. The highest BCUT2D eigenvalue weighted by atomic mass is 16.2. The Morgan fingerprint density at radius 3 is 2.66 bits per heavy atom. The maximum atomic E-state index is 12.6. The molecule has 0 spiro atoms. The van der Waals surface area contributed by atoms with Crippen molar-refractivity contribution >= 4 is 34.8 Å². The number of anilines is 2. The Labute approximate surface area is 169 Å². The van der Waals surface area contributed by atoms with Crippen LogP contribution in [0, 0.1) is 13.8 Å². The Kier molecular flexibility index (Phi) is 6.07. The molecular formula is C22H24N4O3. The van der Waals surface area contributed by atoms with Gasteiger partial charge >= 0.3 is 0 Å². The van der Waals surface area contributed by atoms with Gasteiger partial charge in [-0.3, -0.25) is 14.4 Å². The second-order valence-electron chi connectivity index (χ2n) is 7.11. The molecule has 0 saturated heterocycles. The average molecular weight is 392 g/mol. The van der Waals surface area contributed by atoms with Crippen LogP contribution in [0.15, 0.2) is 47.6 Å². The van der Waals surface area contributed by atoms with Crippen LogP contribution in [0.25, 0.3) is 0 Å². The third-order valence-electron chi connectivity index (χ3n) is 4.59. The molecule has 0 fully saturated rings. The minimum absolute atomic E-state index is 0.127. The van der Waals surface area contributed by atoms with Crippen molar-refractivity contribution < 1.29 is 14.4 Å². The standard InChI is InChI=1S/C22H24N4O3/c1-14-7-8-15(2)20(11-14)26-21(28)10-9-19(25-26)22(29)23-13-17-5-4-6-18(12-17)24-16(3)27/h4-8,11-12H,9-10,13H2,1-3H3,(H,23,29)(H,24,27). The summed E-state index contributed by atoms with van der Waals surface area (Å²) in [6.45, 7) is 5.60. The molecule has 2 N–H and O–H groups in total. The maximum Gasteiger partial charge on any atom is 0.267 e. The fourth-order valence-electron chi connectivity index (χ4n) is 3.10. The molecule has 0 saturated carbocycles. The first kappa shape index (κ1) is 20.3. The smallest absolute Gasteiger partial charge is 0.267 e. The van der Waals surface area contributed by atoms with E-state index in [-0.39, 0.29) is 24.1 Å². The van der Waals surface area contributed by atoms with Crippen molar-refractivity contribution in [3.63, 3.8) is 0 Å². The van der Waals surface area contributed by atoms with Crippen molar-refractivity contribution in [1.82, 2.24) is 5.32 Å². The lowest BCUT2D eigenvalue weighted by Gasteiger charge is -2.24. The summed E-state index contributed by atoms with van der Waals surface area (Å²) in [5.41, 5.74) is 4.48. The molecule has 0 aliphatic carbocycles. The minimum Gasteiger partial charge on any atom is -0.347 e. The maximum absolute atomic E-state index is 12.6. The van der Waals surface area contributed by atoms with Gasteiger partial charge in [0.05, 0.1) is 5.69 Å². The van der Waals surface area contributed by atoms with E-state index >= 15 is 0 Å². The SMILES string of the molecule is CC(=O)Nc1cccc(CNC(=O)C2=NN(c3cc(C)ccc3C)C(=O)CC2)c1. The molecule has 0 atom stereocenters. The number of hydrogen-bond acceptors (Lipinski definition) is 4. The molecule has 2 aromatic carbocycles. The number of aryl methyl sites for hydroxylation is 2. The first-order valence-corrected chi connectivity index (χ1v) is 9.46. The van der Waals surface area contributed by atoms with Crippen LogP contribution in [0.4, 0.5) is 11.4 Å². The zero-order chi connectivity index (χ0) is 21.0. The summed E-state index contributed by atoms with van der Waals surface area (Å²) in [6.07, 6.45) is 0.537. The molecule has 0 bridgehead atoms. The zero-order valence-corrected chi connectivity index (χ0v) is 16.8. The van der Waals surface area contributed by atoms with Crippen LogP contribution < -0.4 is 15.6 Å². The molecule has 150 valence electrons. The summed E-state index contributed by atoms with van der Waals surface area (Å²) < 4.78 is 0. The molecule has 3 rings (SSSR count). The van der Waals surface area contributed by atoms with Crippen LogP contribution >= 0.6 is 0 Å². The van der Waals surface area contributed by atoms with Crippen molar-refractivity contribution in [2.75, 3.05) is 10.3 Å². The second kappa shape index (κ2) is 8.68. The first-order chi connectivity index (χ1) is 13.8. The van der Waals surface area contributed by atoms with Crippen molar-refractivity contribution in [3.8, 4) is 0 Å². The van der Waals surface area contributed by atoms with Crippen LogP contribution in [0.3, 0.4) is 0 Å². The highest BCUT2D eigenvalue weighted by Gasteiger charge is 2.26. The van der Waals surface area contributed by atoms with E-state index in [0.717, 1.165) is 16.7 Å². The highest BCUT2D eigenvalue weighted by Crippen LogP contribution is 2.25. The fourth-order valence-corrected chi connectivity index (χ4v) is 3.10. The number of amides is 3. The Morgan fingerprint density at radius 1 is 1.10 bits per heavy atom. The van der Waals surface area contributed by atoms with Gasteiger partial charge < -0.3 is 10.6 Å². The third-order valence-corrected chi connectivity index (χ3v) is 4.59. The van der Waals surface area contributed by atoms with Gasteiger partial charge in [-0.25, -0.2) is 5.01 Å². The van der Waals surface area contributed by atoms with Gasteiger partial charge in [-0.1, -0.05) is 24.3 Å². The zero-order valence-electron chi connectivity index (χ0n) is 16.8. The fraction of sp³-hybridized carbons (Fsp3) is 0.273.